The van der Waals surface area contributed by atoms with E-state index in [9.17, 15) is 4.79 Å². The maximum Gasteiger partial charge on any atom is 0.221 e. The summed E-state index contributed by atoms with van der Waals surface area (Å²) < 4.78 is 1.82. The highest BCUT2D eigenvalue weighted by molar-refractivity contribution is 6.30. The van der Waals surface area contributed by atoms with Gasteiger partial charge in [-0.2, -0.15) is 0 Å². The number of carbonyl (C=O) groups is 1. The topological polar surface area (TPSA) is 86.7 Å². The number of halogens is 1. The number of hydrogen-bond acceptors (Lipinski definition) is 4. The third-order valence-electron chi connectivity index (χ3n) is 6.03. The Morgan fingerprint density at radius 2 is 1.31 bits per heavy atom. The number of hydrogen-bond donors (Lipinski definition) is 1. The van der Waals surface area contributed by atoms with Crippen molar-refractivity contribution in [2.45, 2.75) is 12.0 Å². The number of aromatic nitrogens is 4. The Hall–Kier alpha value is -4.29. The lowest BCUT2D eigenvalue weighted by molar-refractivity contribution is -0.117. The Kier molecular flexibility index (Phi) is 6.12. The molecule has 5 aromatic rings. The molecule has 4 aromatic carbocycles. The Labute approximate surface area is 208 Å². The monoisotopic (exact) mass is 479 g/mol. The molecule has 1 aromatic heterocycles. The van der Waals surface area contributed by atoms with Crippen molar-refractivity contribution in [1.29, 1.82) is 0 Å². The van der Waals surface area contributed by atoms with Crippen LogP contribution in [0.3, 0.4) is 0 Å². The lowest BCUT2D eigenvalue weighted by Gasteiger charge is -2.36. The highest BCUT2D eigenvalue weighted by Crippen LogP contribution is 2.42. The molecule has 2 N–H and O–H groups in total. The number of benzene rings is 4. The maximum absolute atomic E-state index is 11.9. The minimum absolute atomic E-state index is 0.0117. The molecule has 1 heterocycles. The van der Waals surface area contributed by atoms with Gasteiger partial charge in [0.25, 0.3) is 0 Å². The molecule has 0 atom stereocenters. The lowest BCUT2D eigenvalue weighted by atomic mass is 9.77. The van der Waals surface area contributed by atoms with Crippen LogP contribution in [0.5, 0.6) is 0 Å². The Bertz CT molecular complexity index is 1360. The van der Waals surface area contributed by atoms with Gasteiger partial charge in [-0.25, -0.2) is 4.68 Å². The molecule has 0 fully saturated rings. The summed E-state index contributed by atoms with van der Waals surface area (Å²) in [5.74, 6) is 0.0301. The molecule has 1 amide bonds. The van der Waals surface area contributed by atoms with Crippen LogP contribution in [0.25, 0.3) is 11.4 Å². The van der Waals surface area contributed by atoms with Crippen molar-refractivity contribution in [2.24, 2.45) is 5.73 Å². The van der Waals surface area contributed by atoms with Crippen LogP contribution in [0.2, 0.25) is 5.02 Å². The van der Waals surface area contributed by atoms with E-state index in [0.29, 0.717) is 22.0 Å². The van der Waals surface area contributed by atoms with Crippen molar-refractivity contribution >= 4 is 17.5 Å². The van der Waals surface area contributed by atoms with E-state index < -0.39 is 11.4 Å². The smallest absolute Gasteiger partial charge is 0.221 e. The van der Waals surface area contributed by atoms with Gasteiger partial charge in [-0.05, 0) is 50.9 Å². The molecule has 0 bridgehead atoms. The third-order valence-corrected chi connectivity index (χ3v) is 6.27. The normalized spacial score (nSPS) is 11.3. The molecule has 0 saturated carbocycles. The summed E-state index contributed by atoms with van der Waals surface area (Å²) in [6.45, 7) is 0. The van der Waals surface area contributed by atoms with Crippen LogP contribution in [0, 0.1) is 0 Å². The van der Waals surface area contributed by atoms with E-state index in [1.54, 1.807) is 12.1 Å². The fraction of sp³-hybridized carbons (Fsp3) is 0.0714. The molecular formula is C28H22ClN5O. The summed E-state index contributed by atoms with van der Waals surface area (Å²) in [5, 5.41) is 13.6. The Morgan fingerprint density at radius 1 is 0.800 bits per heavy atom. The van der Waals surface area contributed by atoms with Crippen molar-refractivity contribution in [3.63, 3.8) is 0 Å². The molecule has 5 rings (SSSR count). The van der Waals surface area contributed by atoms with Crippen molar-refractivity contribution in [3.05, 3.63) is 136 Å². The second-order valence-corrected chi connectivity index (χ2v) is 8.60. The first kappa shape index (κ1) is 22.5. The fourth-order valence-electron chi connectivity index (χ4n) is 4.60. The zero-order chi connectivity index (χ0) is 24.3. The van der Waals surface area contributed by atoms with Crippen molar-refractivity contribution < 1.29 is 4.79 Å². The minimum atomic E-state index is -0.897. The summed E-state index contributed by atoms with van der Waals surface area (Å²) in [6, 6.07) is 35.7. The first-order valence-corrected chi connectivity index (χ1v) is 11.5. The van der Waals surface area contributed by atoms with E-state index in [-0.39, 0.29) is 6.42 Å². The molecule has 35 heavy (non-hydrogen) atoms. The van der Waals surface area contributed by atoms with Crippen molar-refractivity contribution in [2.75, 3.05) is 0 Å². The maximum atomic E-state index is 11.9. The van der Waals surface area contributed by atoms with Gasteiger partial charge in [0.15, 0.2) is 5.82 Å². The zero-order valence-electron chi connectivity index (χ0n) is 18.8. The van der Waals surface area contributed by atoms with Crippen LogP contribution >= 0.6 is 11.6 Å². The van der Waals surface area contributed by atoms with Gasteiger partial charge in [0.2, 0.25) is 5.91 Å². The van der Waals surface area contributed by atoms with Gasteiger partial charge in [-0.1, -0.05) is 103 Å². The van der Waals surface area contributed by atoms with Crippen LogP contribution in [-0.4, -0.2) is 26.1 Å². The highest BCUT2D eigenvalue weighted by Gasteiger charge is 2.42. The number of amides is 1. The molecule has 7 heteroatoms. The average Bonchev–Trinajstić information content (AvgIpc) is 3.36. The summed E-state index contributed by atoms with van der Waals surface area (Å²) in [6.07, 6.45) is 0.0117. The number of primary amides is 1. The van der Waals surface area contributed by atoms with Crippen molar-refractivity contribution in [1.82, 2.24) is 20.2 Å². The second-order valence-electron chi connectivity index (χ2n) is 8.17. The molecule has 0 aliphatic carbocycles. The molecule has 0 saturated heterocycles. The molecule has 172 valence electrons. The molecule has 0 spiro atoms. The largest absolute Gasteiger partial charge is 0.369 e. The lowest BCUT2D eigenvalue weighted by Crippen LogP contribution is -2.39. The first-order chi connectivity index (χ1) is 17.1. The summed E-state index contributed by atoms with van der Waals surface area (Å²) >= 11 is 6.27. The van der Waals surface area contributed by atoms with E-state index in [4.69, 9.17) is 17.3 Å². The van der Waals surface area contributed by atoms with Crippen LogP contribution in [0.1, 0.15) is 22.3 Å². The van der Waals surface area contributed by atoms with Gasteiger partial charge in [-0.15, -0.1) is 5.10 Å². The summed E-state index contributed by atoms with van der Waals surface area (Å²) in [5.41, 5.74) is 8.95. The number of nitrogens with two attached hydrogens (primary N) is 1. The first-order valence-electron chi connectivity index (χ1n) is 11.1. The van der Waals surface area contributed by atoms with E-state index in [2.05, 4.69) is 51.9 Å². The van der Waals surface area contributed by atoms with Gasteiger partial charge >= 0.3 is 0 Å². The van der Waals surface area contributed by atoms with E-state index in [0.717, 1.165) is 16.7 Å². The van der Waals surface area contributed by atoms with Crippen LogP contribution in [0.4, 0.5) is 0 Å². The second kappa shape index (κ2) is 9.52. The zero-order valence-corrected chi connectivity index (χ0v) is 19.5. The third kappa shape index (κ3) is 4.09. The van der Waals surface area contributed by atoms with Crippen LogP contribution in [-0.2, 0) is 16.8 Å². The summed E-state index contributed by atoms with van der Waals surface area (Å²) in [4.78, 5) is 11.9. The number of tetrazole rings is 1. The molecule has 6 nitrogen and oxygen atoms in total. The molecular weight excluding hydrogens is 458 g/mol. The standard InChI is InChI=1S/C28H22ClN5O/c29-24-16-17-25(20(18-24)19-26(30)35)27-31-32-33-34(27)28(21-10-4-1-5-11-21,22-12-6-2-7-13-22)23-14-8-3-9-15-23/h1-18H,19H2,(H2,30,35). The highest BCUT2D eigenvalue weighted by atomic mass is 35.5. The average molecular weight is 480 g/mol. The van der Waals surface area contributed by atoms with E-state index in [1.807, 2.05) is 65.3 Å². The number of rotatable bonds is 7. The predicted octanol–water partition coefficient (Wildman–Crippen LogP) is 4.86. The number of nitrogens with zero attached hydrogens (tertiary/aromatic N) is 4. The Morgan fingerprint density at radius 3 is 1.80 bits per heavy atom. The van der Waals surface area contributed by atoms with Crippen molar-refractivity contribution in [3.8, 4) is 11.4 Å². The number of carbonyl (C=O) groups excluding carboxylic acids is 1. The van der Waals surface area contributed by atoms with Gasteiger partial charge in [0.1, 0.15) is 5.54 Å². The fourth-order valence-corrected chi connectivity index (χ4v) is 4.79. The van der Waals surface area contributed by atoms with E-state index >= 15 is 0 Å². The van der Waals surface area contributed by atoms with Gasteiger partial charge in [0.05, 0.1) is 6.42 Å². The van der Waals surface area contributed by atoms with Crippen LogP contribution < -0.4 is 5.73 Å². The van der Waals surface area contributed by atoms with Crippen LogP contribution in [0.15, 0.2) is 109 Å². The quantitative estimate of drug-likeness (QED) is 0.338. The van der Waals surface area contributed by atoms with E-state index in [1.165, 1.54) is 0 Å². The molecule has 0 radical (unpaired) electrons. The Balaban J connectivity index is 1.88. The molecule has 0 aliphatic rings. The van der Waals surface area contributed by atoms with Gasteiger partial charge in [0, 0.05) is 10.6 Å². The SMILES string of the molecule is NC(=O)Cc1cc(Cl)ccc1-c1nnnn1C(c1ccccc1)(c1ccccc1)c1ccccc1. The van der Waals surface area contributed by atoms with Gasteiger partial charge < -0.3 is 5.73 Å². The minimum Gasteiger partial charge on any atom is -0.369 e. The predicted molar refractivity (Wildman–Crippen MR) is 136 cm³/mol. The molecule has 0 aliphatic heterocycles. The van der Waals surface area contributed by atoms with Gasteiger partial charge in [-0.3, -0.25) is 4.79 Å². The molecule has 0 unspecified atom stereocenters. The summed E-state index contributed by atoms with van der Waals surface area (Å²) in [7, 11) is 0.